The topological polar surface area (TPSA) is 108 Å². The summed E-state index contributed by atoms with van der Waals surface area (Å²) in [5.74, 6) is -0.230. The van der Waals surface area contributed by atoms with Gasteiger partial charge in [-0.25, -0.2) is 4.79 Å². The molecule has 0 unspecified atom stereocenters. The van der Waals surface area contributed by atoms with Crippen LogP contribution in [0.25, 0.3) is 0 Å². The number of carbonyl (C=O) groups excluding carboxylic acids is 2. The van der Waals surface area contributed by atoms with E-state index in [2.05, 4.69) is 19.2 Å². The SMILES string of the molecule is C[C@@H]1[C@H](C)CCC[C@@H]1NC(=O)[C@@H](C)OC(=O)COc1ccccc1[N+](=O)[O-]. The number of esters is 1. The zero-order valence-corrected chi connectivity index (χ0v) is 15.8. The van der Waals surface area contributed by atoms with Gasteiger partial charge < -0.3 is 14.8 Å². The number of hydrogen-bond acceptors (Lipinski definition) is 6. The van der Waals surface area contributed by atoms with Crippen molar-refractivity contribution >= 4 is 17.6 Å². The molecule has 1 N–H and O–H groups in total. The highest BCUT2D eigenvalue weighted by Gasteiger charge is 2.30. The van der Waals surface area contributed by atoms with E-state index in [0.717, 1.165) is 19.3 Å². The zero-order valence-electron chi connectivity index (χ0n) is 15.8. The molecule has 27 heavy (non-hydrogen) atoms. The van der Waals surface area contributed by atoms with Crippen LogP contribution >= 0.6 is 0 Å². The van der Waals surface area contributed by atoms with Gasteiger partial charge in [0.05, 0.1) is 4.92 Å². The molecule has 1 amide bonds. The number of nitrogens with one attached hydrogen (secondary N) is 1. The predicted octanol–water partition coefficient (Wildman–Crippen LogP) is 2.85. The first kappa shape index (κ1) is 20.7. The average molecular weight is 378 g/mol. The molecule has 0 radical (unpaired) electrons. The van der Waals surface area contributed by atoms with Crippen molar-refractivity contribution in [3.05, 3.63) is 34.4 Å². The summed E-state index contributed by atoms with van der Waals surface area (Å²) in [6.07, 6.45) is 2.17. The zero-order chi connectivity index (χ0) is 20.0. The van der Waals surface area contributed by atoms with Gasteiger partial charge in [-0.15, -0.1) is 0 Å². The molecule has 0 bridgehead atoms. The maximum Gasteiger partial charge on any atom is 0.344 e. The second kappa shape index (κ2) is 9.34. The van der Waals surface area contributed by atoms with Crippen LogP contribution in [-0.4, -0.2) is 35.6 Å². The van der Waals surface area contributed by atoms with Gasteiger partial charge in [-0.2, -0.15) is 0 Å². The number of nitro benzene ring substituents is 1. The molecule has 0 saturated heterocycles. The monoisotopic (exact) mass is 378 g/mol. The highest BCUT2D eigenvalue weighted by molar-refractivity contribution is 5.84. The number of amides is 1. The lowest BCUT2D eigenvalue weighted by Crippen LogP contribution is -2.47. The van der Waals surface area contributed by atoms with Crippen LogP contribution in [0.15, 0.2) is 24.3 Å². The third-order valence-corrected chi connectivity index (χ3v) is 5.12. The molecule has 2 rings (SSSR count). The smallest absolute Gasteiger partial charge is 0.344 e. The van der Waals surface area contributed by atoms with E-state index >= 15 is 0 Å². The van der Waals surface area contributed by atoms with E-state index in [1.165, 1.54) is 25.1 Å². The lowest BCUT2D eigenvalue weighted by Gasteiger charge is -2.35. The lowest BCUT2D eigenvalue weighted by atomic mass is 9.78. The van der Waals surface area contributed by atoms with Crippen molar-refractivity contribution < 1.29 is 24.0 Å². The second-order valence-corrected chi connectivity index (χ2v) is 7.03. The van der Waals surface area contributed by atoms with E-state index in [9.17, 15) is 19.7 Å². The van der Waals surface area contributed by atoms with E-state index in [1.807, 2.05) is 0 Å². The summed E-state index contributed by atoms with van der Waals surface area (Å²) in [5, 5.41) is 13.9. The molecule has 1 aliphatic rings. The third kappa shape index (κ3) is 5.67. The Hall–Kier alpha value is -2.64. The van der Waals surface area contributed by atoms with Gasteiger partial charge >= 0.3 is 11.7 Å². The summed E-state index contributed by atoms with van der Waals surface area (Å²) in [7, 11) is 0. The molecule has 0 aliphatic heterocycles. The van der Waals surface area contributed by atoms with Crippen LogP contribution in [0.3, 0.4) is 0 Å². The predicted molar refractivity (Wildman–Crippen MR) is 98.3 cm³/mol. The summed E-state index contributed by atoms with van der Waals surface area (Å²) in [6, 6.07) is 5.82. The number of rotatable bonds is 7. The number of hydrogen-bond donors (Lipinski definition) is 1. The van der Waals surface area contributed by atoms with Crippen LogP contribution in [0.2, 0.25) is 0 Å². The van der Waals surface area contributed by atoms with Crippen LogP contribution in [-0.2, 0) is 14.3 Å². The van der Waals surface area contributed by atoms with Crippen molar-refractivity contribution in [1.82, 2.24) is 5.32 Å². The molecular formula is C19H26N2O6. The van der Waals surface area contributed by atoms with Crippen LogP contribution in [0.4, 0.5) is 5.69 Å². The number of nitro groups is 1. The van der Waals surface area contributed by atoms with Gasteiger partial charge in [0.1, 0.15) is 0 Å². The van der Waals surface area contributed by atoms with Crippen molar-refractivity contribution in [2.75, 3.05) is 6.61 Å². The minimum atomic E-state index is -0.962. The second-order valence-electron chi connectivity index (χ2n) is 7.03. The van der Waals surface area contributed by atoms with Gasteiger partial charge in [0.15, 0.2) is 18.5 Å². The molecule has 1 aliphatic carbocycles. The number of ether oxygens (including phenoxy) is 2. The van der Waals surface area contributed by atoms with Gasteiger partial charge in [-0.1, -0.05) is 38.8 Å². The van der Waals surface area contributed by atoms with Crippen LogP contribution < -0.4 is 10.1 Å². The van der Waals surface area contributed by atoms with E-state index in [0.29, 0.717) is 11.8 Å². The highest BCUT2D eigenvalue weighted by atomic mass is 16.6. The molecule has 4 atom stereocenters. The Morgan fingerprint density at radius 1 is 1.30 bits per heavy atom. The van der Waals surface area contributed by atoms with E-state index in [1.54, 1.807) is 6.07 Å². The van der Waals surface area contributed by atoms with Gasteiger partial charge in [0, 0.05) is 12.1 Å². The Balaban J connectivity index is 1.83. The quantitative estimate of drug-likeness (QED) is 0.444. The summed E-state index contributed by atoms with van der Waals surface area (Å²) in [5.41, 5.74) is -0.239. The molecule has 0 spiro atoms. The Bertz CT molecular complexity index is 693. The van der Waals surface area contributed by atoms with Crippen molar-refractivity contribution in [3.8, 4) is 5.75 Å². The number of benzene rings is 1. The summed E-state index contributed by atoms with van der Waals surface area (Å²) < 4.78 is 10.3. The fraction of sp³-hybridized carbons (Fsp3) is 0.579. The van der Waals surface area contributed by atoms with Crippen LogP contribution in [0.1, 0.15) is 40.0 Å². The maximum absolute atomic E-state index is 12.3. The minimum Gasteiger partial charge on any atom is -0.475 e. The highest BCUT2D eigenvalue weighted by Crippen LogP contribution is 2.29. The Kier molecular flexibility index (Phi) is 7.15. The summed E-state index contributed by atoms with van der Waals surface area (Å²) >= 11 is 0. The van der Waals surface area contributed by atoms with Crippen LogP contribution in [0.5, 0.6) is 5.75 Å². The first-order valence-electron chi connectivity index (χ1n) is 9.15. The minimum absolute atomic E-state index is 0.0263. The van der Waals surface area contributed by atoms with Crippen molar-refractivity contribution in [3.63, 3.8) is 0 Å². The number of para-hydroxylation sites is 2. The van der Waals surface area contributed by atoms with Gasteiger partial charge in [0.25, 0.3) is 5.91 Å². The van der Waals surface area contributed by atoms with E-state index in [-0.39, 0.29) is 23.4 Å². The number of nitrogens with zero attached hydrogens (tertiary/aromatic N) is 1. The molecule has 1 aromatic carbocycles. The first-order valence-corrected chi connectivity index (χ1v) is 9.15. The van der Waals surface area contributed by atoms with Crippen molar-refractivity contribution in [2.24, 2.45) is 11.8 Å². The molecule has 8 heteroatoms. The molecule has 148 valence electrons. The Labute approximate surface area is 158 Å². The maximum atomic E-state index is 12.3. The van der Waals surface area contributed by atoms with E-state index in [4.69, 9.17) is 9.47 Å². The van der Waals surface area contributed by atoms with Gasteiger partial charge in [0.2, 0.25) is 0 Å². The standard InChI is InChI=1S/C19H26N2O6/c1-12-7-6-8-15(13(12)2)20-19(23)14(3)27-18(22)11-26-17-10-5-4-9-16(17)21(24)25/h4-5,9-10,12-15H,6-8,11H2,1-3H3,(H,20,23)/t12-,13-,14-,15+/m1/s1. The molecule has 8 nitrogen and oxygen atoms in total. The molecule has 1 saturated carbocycles. The number of carbonyl (C=O) groups is 2. The van der Waals surface area contributed by atoms with Crippen molar-refractivity contribution in [1.29, 1.82) is 0 Å². The lowest BCUT2D eigenvalue weighted by molar-refractivity contribution is -0.385. The van der Waals surface area contributed by atoms with Crippen molar-refractivity contribution in [2.45, 2.75) is 52.2 Å². The average Bonchev–Trinajstić information content (AvgIpc) is 2.63. The molecule has 1 aromatic rings. The molecule has 0 aromatic heterocycles. The summed E-state index contributed by atoms with van der Waals surface area (Å²) in [4.78, 5) is 34.6. The molecule has 0 heterocycles. The fourth-order valence-corrected chi connectivity index (χ4v) is 3.24. The third-order valence-electron chi connectivity index (χ3n) is 5.12. The Morgan fingerprint density at radius 2 is 2.00 bits per heavy atom. The normalized spacial score (nSPS) is 23.1. The Morgan fingerprint density at radius 3 is 2.70 bits per heavy atom. The molecule has 1 fully saturated rings. The summed E-state index contributed by atoms with van der Waals surface area (Å²) in [6.45, 7) is 5.27. The van der Waals surface area contributed by atoms with Crippen LogP contribution in [0, 0.1) is 22.0 Å². The van der Waals surface area contributed by atoms with Gasteiger partial charge in [-0.05, 0) is 31.2 Å². The van der Waals surface area contributed by atoms with Gasteiger partial charge in [-0.3, -0.25) is 14.9 Å². The van der Waals surface area contributed by atoms with E-state index < -0.39 is 23.6 Å². The first-order chi connectivity index (χ1) is 12.8. The fourth-order valence-electron chi connectivity index (χ4n) is 3.24. The largest absolute Gasteiger partial charge is 0.475 e. The molecular weight excluding hydrogens is 352 g/mol.